The SMILES string of the molecule is CSc1nnc([C@H]2CCCN2C(=O)C[C@H](C)n2nc(C)c(Cl)c2C)n1C. The summed E-state index contributed by atoms with van der Waals surface area (Å²) in [6, 6.07) is -0.0478. The number of amides is 1. The van der Waals surface area contributed by atoms with E-state index in [2.05, 4.69) is 15.3 Å². The first-order valence-electron chi connectivity index (χ1n) is 8.79. The summed E-state index contributed by atoms with van der Waals surface area (Å²) in [7, 11) is 1.96. The molecule has 3 rings (SSSR count). The lowest BCUT2D eigenvalue weighted by Gasteiger charge is -2.25. The molecule has 0 spiro atoms. The molecule has 7 nitrogen and oxygen atoms in total. The molecule has 2 aromatic rings. The third-order valence-corrected chi connectivity index (χ3v) is 6.31. The van der Waals surface area contributed by atoms with E-state index in [0.29, 0.717) is 11.4 Å². The van der Waals surface area contributed by atoms with E-state index in [1.54, 1.807) is 11.8 Å². The predicted molar refractivity (Wildman–Crippen MR) is 103 cm³/mol. The Kier molecular flexibility index (Phi) is 5.62. The van der Waals surface area contributed by atoms with E-state index < -0.39 is 0 Å². The van der Waals surface area contributed by atoms with Gasteiger partial charge in [0.05, 0.1) is 28.5 Å². The van der Waals surface area contributed by atoms with Crippen molar-refractivity contribution in [3.05, 3.63) is 22.2 Å². The van der Waals surface area contributed by atoms with Crippen LogP contribution in [-0.4, -0.2) is 48.2 Å². The topological polar surface area (TPSA) is 68.8 Å². The zero-order valence-electron chi connectivity index (χ0n) is 15.9. The third kappa shape index (κ3) is 3.36. The van der Waals surface area contributed by atoms with Crippen molar-refractivity contribution in [2.24, 2.45) is 7.05 Å². The van der Waals surface area contributed by atoms with E-state index >= 15 is 0 Å². The Bertz CT molecular complexity index is 817. The highest BCUT2D eigenvalue weighted by Gasteiger charge is 2.34. The van der Waals surface area contributed by atoms with Crippen molar-refractivity contribution < 1.29 is 4.79 Å². The lowest BCUT2D eigenvalue weighted by atomic mass is 10.1. The van der Waals surface area contributed by atoms with Gasteiger partial charge in [0.25, 0.3) is 0 Å². The molecule has 2 atom stereocenters. The molecule has 26 heavy (non-hydrogen) atoms. The van der Waals surface area contributed by atoms with E-state index in [4.69, 9.17) is 11.6 Å². The Morgan fingerprint density at radius 1 is 1.38 bits per heavy atom. The molecule has 2 aromatic heterocycles. The second-order valence-electron chi connectivity index (χ2n) is 6.83. The highest BCUT2D eigenvalue weighted by molar-refractivity contribution is 7.98. The van der Waals surface area contributed by atoms with E-state index in [9.17, 15) is 4.79 Å². The molecule has 1 amide bonds. The number of hydrogen-bond acceptors (Lipinski definition) is 5. The monoisotopic (exact) mass is 396 g/mol. The van der Waals surface area contributed by atoms with Crippen molar-refractivity contribution in [2.75, 3.05) is 12.8 Å². The van der Waals surface area contributed by atoms with Gasteiger partial charge in [0, 0.05) is 20.0 Å². The van der Waals surface area contributed by atoms with Crippen LogP contribution >= 0.6 is 23.4 Å². The number of likely N-dealkylation sites (tertiary alicyclic amines) is 1. The molecule has 1 aliphatic rings. The van der Waals surface area contributed by atoms with Crippen LogP contribution in [0.3, 0.4) is 0 Å². The van der Waals surface area contributed by atoms with Gasteiger partial charge in [0.2, 0.25) is 5.91 Å². The van der Waals surface area contributed by atoms with Crippen LogP contribution in [-0.2, 0) is 11.8 Å². The highest BCUT2D eigenvalue weighted by Crippen LogP contribution is 2.33. The fourth-order valence-electron chi connectivity index (χ4n) is 3.66. The molecule has 1 saturated heterocycles. The molecule has 0 radical (unpaired) electrons. The van der Waals surface area contributed by atoms with Crippen LogP contribution in [0.15, 0.2) is 5.16 Å². The van der Waals surface area contributed by atoms with Gasteiger partial charge in [0.15, 0.2) is 11.0 Å². The number of carbonyl (C=O) groups is 1. The normalized spacial score (nSPS) is 18.5. The van der Waals surface area contributed by atoms with Gasteiger partial charge < -0.3 is 9.47 Å². The van der Waals surface area contributed by atoms with Gasteiger partial charge >= 0.3 is 0 Å². The summed E-state index contributed by atoms with van der Waals surface area (Å²) in [6.45, 7) is 6.59. The maximum absolute atomic E-state index is 13.0. The lowest BCUT2D eigenvalue weighted by molar-refractivity contribution is -0.133. The Hall–Kier alpha value is -1.54. The fraction of sp³-hybridized carbons (Fsp3) is 0.647. The molecule has 0 aromatic carbocycles. The molecule has 1 aliphatic heterocycles. The van der Waals surface area contributed by atoms with Crippen molar-refractivity contribution >= 4 is 29.3 Å². The van der Waals surface area contributed by atoms with Crippen molar-refractivity contribution in [1.29, 1.82) is 0 Å². The van der Waals surface area contributed by atoms with Crippen LogP contribution < -0.4 is 0 Å². The van der Waals surface area contributed by atoms with Crippen LogP contribution in [0.25, 0.3) is 0 Å². The minimum atomic E-state index is -0.0452. The van der Waals surface area contributed by atoms with Gasteiger partial charge in [-0.1, -0.05) is 23.4 Å². The zero-order chi connectivity index (χ0) is 19.0. The van der Waals surface area contributed by atoms with Gasteiger partial charge in [-0.25, -0.2) is 0 Å². The number of thioether (sulfide) groups is 1. The van der Waals surface area contributed by atoms with Crippen molar-refractivity contribution in [3.8, 4) is 0 Å². The number of aryl methyl sites for hydroxylation is 1. The van der Waals surface area contributed by atoms with E-state index in [1.807, 2.05) is 48.2 Å². The van der Waals surface area contributed by atoms with E-state index in [1.165, 1.54) is 0 Å². The minimum Gasteiger partial charge on any atom is -0.332 e. The number of carbonyl (C=O) groups excluding carboxylic acids is 1. The Morgan fingerprint density at radius 2 is 2.12 bits per heavy atom. The van der Waals surface area contributed by atoms with Gasteiger partial charge in [-0.2, -0.15) is 5.10 Å². The van der Waals surface area contributed by atoms with Gasteiger partial charge in [-0.15, -0.1) is 10.2 Å². The molecular formula is C17H25ClN6OS. The first kappa shape index (κ1) is 19.2. The molecule has 0 unspecified atom stereocenters. The quantitative estimate of drug-likeness (QED) is 0.725. The predicted octanol–water partition coefficient (Wildman–Crippen LogP) is 3.32. The number of nitrogens with zero attached hydrogens (tertiary/aromatic N) is 6. The van der Waals surface area contributed by atoms with Gasteiger partial charge in [-0.3, -0.25) is 9.48 Å². The largest absolute Gasteiger partial charge is 0.332 e. The molecule has 0 bridgehead atoms. The standard InChI is InChI=1S/C17H25ClN6OS/c1-10(24-12(3)15(18)11(2)21-24)9-14(25)23-8-6-7-13(23)16-19-20-17(26-5)22(16)4/h10,13H,6-9H2,1-5H3/t10-,13+/m0/s1. The number of aromatic nitrogens is 5. The molecule has 0 N–H and O–H groups in total. The van der Waals surface area contributed by atoms with E-state index in [0.717, 1.165) is 41.8 Å². The van der Waals surface area contributed by atoms with Crippen LogP contribution in [0.5, 0.6) is 0 Å². The number of halogens is 1. The summed E-state index contributed by atoms with van der Waals surface area (Å²) in [5.74, 6) is 0.986. The second kappa shape index (κ2) is 7.60. The zero-order valence-corrected chi connectivity index (χ0v) is 17.4. The minimum absolute atomic E-state index is 0.00265. The summed E-state index contributed by atoms with van der Waals surface area (Å²) in [4.78, 5) is 14.9. The maximum atomic E-state index is 13.0. The highest BCUT2D eigenvalue weighted by atomic mass is 35.5. The summed E-state index contributed by atoms with van der Waals surface area (Å²) in [5, 5.41) is 14.6. The Labute approximate surface area is 163 Å². The molecule has 9 heteroatoms. The molecular weight excluding hydrogens is 372 g/mol. The van der Waals surface area contributed by atoms with Crippen LogP contribution in [0.2, 0.25) is 5.02 Å². The van der Waals surface area contributed by atoms with Gasteiger partial charge in [0.1, 0.15) is 0 Å². The second-order valence-corrected chi connectivity index (χ2v) is 7.98. The first-order chi connectivity index (χ1) is 12.3. The van der Waals surface area contributed by atoms with Crippen LogP contribution in [0.4, 0.5) is 0 Å². The van der Waals surface area contributed by atoms with E-state index in [-0.39, 0.29) is 18.0 Å². The summed E-state index contributed by atoms with van der Waals surface area (Å²) in [6.07, 6.45) is 4.28. The summed E-state index contributed by atoms with van der Waals surface area (Å²) in [5.41, 5.74) is 1.70. The number of hydrogen-bond donors (Lipinski definition) is 0. The Balaban J connectivity index is 1.76. The molecule has 0 saturated carbocycles. The van der Waals surface area contributed by atoms with Gasteiger partial charge in [-0.05, 0) is 39.9 Å². The van der Waals surface area contributed by atoms with Crippen LogP contribution in [0, 0.1) is 13.8 Å². The smallest absolute Gasteiger partial charge is 0.225 e. The Morgan fingerprint density at radius 3 is 2.69 bits per heavy atom. The summed E-state index contributed by atoms with van der Waals surface area (Å²) >= 11 is 7.80. The van der Waals surface area contributed by atoms with Crippen LogP contribution in [0.1, 0.15) is 55.5 Å². The average Bonchev–Trinajstić information content (AvgIpc) is 3.29. The first-order valence-corrected chi connectivity index (χ1v) is 10.4. The molecule has 142 valence electrons. The average molecular weight is 397 g/mol. The fourth-order valence-corrected chi connectivity index (χ4v) is 4.27. The lowest BCUT2D eigenvalue weighted by Crippen LogP contribution is -2.33. The third-order valence-electron chi connectivity index (χ3n) is 5.05. The summed E-state index contributed by atoms with van der Waals surface area (Å²) < 4.78 is 3.85. The number of rotatable bonds is 5. The molecule has 0 aliphatic carbocycles. The van der Waals surface area contributed by atoms with Crippen molar-refractivity contribution in [2.45, 2.75) is 57.3 Å². The maximum Gasteiger partial charge on any atom is 0.225 e. The van der Waals surface area contributed by atoms with Crippen molar-refractivity contribution in [3.63, 3.8) is 0 Å². The van der Waals surface area contributed by atoms with Crippen molar-refractivity contribution in [1.82, 2.24) is 29.4 Å². The molecule has 3 heterocycles. The molecule has 1 fully saturated rings.